The summed E-state index contributed by atoms with van der Waals surface area (Å²) in [4.78, 5) is 11.9. The zero-order valence-corrected chi connectivity index (χ0v) is 11.5. The Morgan fingerprint density at radius 3 is 2.47 bits per heavy atom. The molecule has 2 N–H and O–H groups in total. The summed E-state index contributed by atoms with van der Waals surface area (Å²) in [6.45, 7) is 5.65. The first-order chi connectivity index (χ1) is 9.22. The van der Waals surface area contributed by atoms with E-state index in [9.17, 15) is 4.79 Å². The van der Waals surface area contributed by atoms with Crippen LogP contribution in [0.15, 0.2) is 18.2 Å². The van der Waals surface area contributed by atoms with Gasteiger partial charge in [0.1, 0.15) is 6.61 Å². The molecular formula is C14H21NO4. The third-order valence-electron chi connectivity index (χ3n) is 2.36. The maximum absolute atomic E-state index is 11.9. The van der Waals surface area contributed by atoms with Gasteiger partial charge in [0.2, 0.25) is 0 Å². The van der Waals surface area contributed by atoms with Crippen molar-refractivity contribution in [1.82, 2.24) is 0 Å². The predicted octanol–water partition coefficient (Wildman–Crippen LogP) is 1.64. The molecule has 19 heavy (non-hydrogen) atoms. The van der Waals surface area contributed by atoms with Gasteiger partial charge in [-0.15, -0.1) is 0 Å². The van der Waals surface area contributed by atoms with Crippen LogP contribution in [0.4, 0.5) is 0 Å². The van der Waals surface area contributed by atoms with Crippen molar-refractivity contribution in [2.45, 2.75) is 13.8 Å². The van der Waals surface area contributed by atoms with Gasteiger partial charge in [-0.3, -0.25) is 4.79 Å². The van der Waals surface area contributed by atoms with Gasteiger partial charge in [-0.1, -0.05) is 0 Å². The molecule has 0 spiro atoms. The summed E-state index contributed by atoms with van der Waals surface area (Å²) < 4.78 is 16.0. The second-order valence-corrected chi connectivity index (χ2v) is 3.79. The van der Waals surface area contributed by atoms with Crippen LogP contribution in [0.5, 0.6) is 11.5 Å². The molecule has 0 fully saturated rings. The van der Waals surface area contributed by atoms with E-state index in [4.69, 9.17) is 19.9 Å². The van der Waals surface area contributed by atoms with E-state index >= 15 is 0 Å². The number of ether oxygens (including phenoxy) is 3. The number of carbonyl (C=O) groups is 1. The highest BCUT2D eigenvalue weighted by Gasteiger charge is 2.11. The molecule has 0 bridgehead atoms. The zero-order valence-electron chi connectivity index (χ0n) is 11.5. The Morgan fingerprint density at radius 1 is 1.16 bits per heavy atom. The minimum atomic E-state index is -0.0996. The molecule has 1 aromatic carbocycles. The van der Waals surface area contributed by atoms with Crippen LogP contribution in [0.1, 0.15) is 24.2 Å². The Balaban J connectivity index is 2.78. The Hall–Kier alpha value is -1.59. The highest BCUT2D eigenvalue weighted by atomic mass is 16.5. The summed E-state index contributed by atoms with van der Waals surface area (Å²) in [5, 5.41) is 0. The van der Waals surface area contributed by atoms with E-state index in [1.165, 1.54) is 0 Å². The number of rotatable bonds is 9. The molecule has 106 valence electrons. The Kier molecular flexibility index (Phi) is 6.92. The minimum Gasteiger partial charge on any atom is -0.490 e. The SMILES string of the molecule is CCOc1ccc(C(=O)COCCN)cc1OCC. The summed E-state index contributed by atoms with van der Waals surface area (Å²) in [6, 6.07) is 5.13. The number of hydrogen-bond acceptors (Lipinski definition) is 5. The topological polar surface area (TPSA) is 70.8 Å². The first kappa shape index (κ1) is 15.5. The van der Waals surface area contributed by atoms with E-state index in [2.05, 4.69) is 0 Å². The van der Waals surface area contributed by atoms with Gasteiger partial charge in [0, 0.05) is 12.1 Å². The van der Waals surface area contributed by atoms with Gasteiger partial charge in [0.15, 0.2) is 17.3 Å². The molecule has 0 heterocycles. The summed E-state index contributed by atoms with van der Waals surface area (Å²) in [5.41, 5.74) is 5.84. The second-order valence-electron chi connectivity index (χ2n) is 3.79. The normalized spacial score (nSPS) is 10.3. The van der Waals surface area contributed by atoms with Crippen molar-refractivity contribution in [3.05, 3.63) is 23.8 Å². The average Bonchev–Trinajstić information content (AvgIpc) is 2.41. The van der Waals surface area contributed by atoms with Crippen LogP contribution in [0.3, 0.4) is 0 Å². The van der Waals surface area contributed by atoms with Crippen molar-refractivity contribution >= 4 is 5.78 Å². The fourth-order valence-electron chi connectivity index (χ4n) is 1.56. The zero-order chi connectivity index (χ0) is 14.1. The predicted molar refractivity (Wildman–Crippen MR) is 73.0 cm³/mol. The molecule has 5 nitrogen and oxygen atoms in total. The molecule has 0 atom stereocenters. The molecule has 0 aliphatic heterocycles. The highest BCUT2D eigenvalue weighted by Crippen LogP contribution is 2.28. The molecule has 1 aromatic rings. The molecule has 0 saturated heterocycles. The van der Waals surface area contributed by atoms with Gasteiger partial charge < -0.3 is 19.9 Å². The van der Waals surface area contributed by atoms with Crippen molar-refractivity contribution in [3.63, 3.8) is 0 Å². The van der Waals surface area contributed by atoms with Crippen molar-refractivity contribution < 1.29 is 19.0 Å². The average molecular weight is 267 g/mol. The third-order valence-corrected chi connectivity index (χ3v) is 2.36. The van der Waals surface area contributed by atoms with Crippen LogP contribution < -0.4 is 15.2 Å². The lowest BCUT2D eigenvalue weighted by molar-refractivity contribution is 0.0773. The van der Waals surface area contributed by atoms with Gasteiger partial charge in [-0.2, -0.15) is 0 Å². The molecule has 5 heteroatoms. The lowest BCUT2D eigenvalue weighted by Crippen LogP contribution is -2.15. The van der Waals surface area contributed by atoms with Gasteiger partial charge in [-0.25, -0.2) is 0 Å². The smallest absolute Gasteiger partial charge is 0.188 e. The fourth-order valence-corrected chi connectivity index (χ4v) is 1.56. The fraction of sp³-hybridized carbons (Fsp3) is 0.500. The van der Waals surface area contributed by atoms with Crippen molar-refractivity contribution in [2.75, 3.05) is 33.0 Å². The lowest BCUT2D eigenvalue weighted by atomic mass is 10.1. The largest absolute Gasteiger partial charge is 0.490 e. The van der Waals surface area contributed by atoms with Crippen LogP contribution >= 0.6 is 0 Å². The highest BCUT2D eigenvalue weighted by molar-refractivity contribution is 5.97. The van der Waals surface area contributed by atoms with Crippen LogP contribution in [0, 0.1) is 0 Å². The van der Waals surface area contributed by atoms with Gasteiger partial charge in [0.05, 0.1) is 19.8 Å². The third kappa shape index (κ3) is 4.89. The first-order valence-corrected chi connectivity index (χ1v) is 6.43. The molecule has 1 rings (SSSR count). The van der Waals surface area contributed by atoms with Crippen LogP contribution in [0.25, 0.3) is 0 Å². The number of benzene rings is 1. The second kappa shape index (κ2) is 8.50. The Labute approximate surface area is 113 Å². The molecule has 0 aromatic heterocycles. The van der Waals surface area contributed by atoms with Crippen molar-refractivity contribution in [1.29, 1.82) is 0 Å². The summed E-state index contributed by atoms with van der Waals surface area (Å²) in [7, 11) is 0. The van der Waals surface area contributed by atoms with Gasteiger partial charge >= 0.3 is 0 Å². The Bertz CT molecular complexity index is 406. The van der Waals surface area contributed by atoms with Crippen LogP contribution in [-0.2, 0) is 4.74 Å². The number of Topliss-reactive ketones (excluding diaryl/α,β-unsaturated/α-hetero) is 1. The number of carbonyl (C=O) groups excluding carboxylic acids is 1. The molecule has 0 amide bonds. The van der Waals surface area contributed by atoms with Crippen molar-refractivity contribution in [3.8, 4) is 11.5 Å². The first-order valence-electron chi connectivity index (χ1n) is 6.43. The maximum atomic E-state index is 11.9. The van der Waals surface area contributed by atoms with E-state index in [1.807, 2.05) is 13.8 Å². The molecule has 0 aliphatic rings. The lowest BCUT2D eigenvalue weighted by Gasteiger charge is -2.12. The van der Waals surface area contributed by atoms with Crippen LogP contribution in [0.2, 0.25) is 0 Å². The molecule has 0 aliphatic carbocycles. The number of ketones is 1. The summed E-state index contributed by atoms with van der Waals surface area (Å²) in [6.07, 6.45) is 0. The maximum Gasteiger partial charge on any atom is 0.188 e. The molecular weight excluding hydrogens is 246 g/mol. The monoisotopic (exact) mass is 267 g/mol. The van der Waals surface area contributed by atoms with E-state index in [0.717, 1.165) is 0 Å². The summed E-state index contributed by atoms with van der Waals surface area (Å²) in [5.74, 6) is 1.12. The van der Waals surface area contributed by atoms with E-state index < -0.39 is 0 Å². The summed E-state index contributed by atoms with van der Waals surface area (Å²) >= 11 is 0. The molecule has 0 radical (unpaired) electrons. The minimum absolute atomic E-state index is 0.0246. The Morgan fingerprint density at radius 2 is 1.84 bits per heavy atom. The van der Waals surface area contributed by atoms with E-state index in [-0.39, 0.29) is 12.4 Å². The van der Waals surface area contributed by atoms with Crippen molar-refractivity contribution in [2.24, 2.45) is 5.73 Å². The standard InChI is InChI=1S/C14H21NO4/c1-3-18-13-6-5-11(9-14(13)19-4-2)12(16)10-17-8-7-15/h5-6,9H,3-4,7-8,10,15H2,1-2H3. The van der Waals surface area contributed by atoms with Gasteiger partial charge in [0.25, 0.3) is 0 Å². The quantitative estimate of drug-likeness (QED) is 0.544. The number of nitrogens with two attached hydrogens (primary N) is 1. The van der Waals surface area contributed by atoms with Gasteiger partial charge in [-0.05, 0) is 32.0 Å². The van der Waals surface area contributed by atoms with Crippen LogP contribution in [-0.4, -0.2) is 38.8 Å². The molecule has 0 saturated carbocycles. The van der Waals surface area contributed by atoms with E-state index in [1.54, 1.807) is 18.2 Å². The number of hydrogen-bond donors (Lipinski definition) is 1. The molecule has 0 unspecified atom stereocenters. The van der Waals surface area contributed by atoms with E-state index in [0.29, 0.717) is 43.4 Å².